The molecule has 1 heteroatoms. The van der Waals surface area contributed by atoms with E-state index in [1.165, 1.54) is 45.1 Å². The Balaban J connectivity index is 0. The molecule has 0 aromatic rings. The molecule has 0 aromatic carbocycles. The lowest BCUT2D eigenvalue weighted by molar-refractivity contribution is 0.401. The second kappa shape index (κ2) is 15.0. The fourth-order valence-electron chi connectivity index (χ4n) is 1.65. The van der Waals surface area contributed by atoms with Gasteiger partial charge in [-0.25, -0.2) is 0 Å². The van der Waals surface area contributed by atoms with Crippen LogP contribution in [0.2, 0.25) is 0 Å². The van der Waals surface area contributed by atoms with Crippen molar-refractivity contribution in [1.82, 2.24) is 5.32 Å². The number of nitrogens with one attached hydrogen (secondary N) is 1. The van der Waals surface area contributed by atoms with E-state index in [0.717, 1.165) is 12.0 Å². The highest BCUT2D eigenvalue weighted by molar-refractivity contribution is 4.67. The van der Waals surface area contributed by atoms with Gasteiger partial charge in [-0.1, -0.05) is 67.2 Å². The summed E-state index contributed by atoms with van der Waals surface area (Å²) in [6, 6.07) is 0.775. The smallest absolute Gasteiger partial charge is 0.00671 e. The summed E-state index contributed by atoms with van der Waals surface area (Å²) >= 11 is 0. The lowest BCUT2D eigenvalue weighted by Crippen LogP contribution is -2.32. The van der Waals surface area contributed by atoms with Gasteiger partial charge in [0.1, 0.15) is 0 Å². The van der Waals surface area contributed by atoms with Crippen LogP contribution in [0.25, 0.3) is 0 Å². The quantitative estimate of drug-likeness (QED) is 0.586. The number of hydrogen-bond donors (Lipinski definition) is 1. The third kappa shape index (κ3) is 14.0. The molecule has 0 spiro atoms. The summed E-state index contributed by atoms with van der Waals surface area (Å²) < 4.78 is 0. The SMILES string of the molecule is CC.CCCCC(CCCC)NCC(C)C. The van der Waals surface area contributed by atoms with Gasteiger partial charge in [0.25, 0.3) is 0 Å². The first kappa shape index (κ1) is 18.3. The van der Waals surface area contributed by atoms with Crippen LogP contribution in [0.15, 0.2) is 0 Å². The highest BCUT2D eigenvalue weighted by Crippen LogP contribution is 2.09. The molecule has 0 fully saturated rings. The lowest BCUT2D eigenvalue weighted by Gasteiger charge is -2.19. The van der Waals surface area contributed by atoms with E-state index in [1.54, 1.807) is 0 Å². The first-order valence-electron chi connectivity index (χ1n) is 7.44. The Hall–Kier alpha value is -0.0400. The summed E-state index contributed by atoms with van der Waals surface area (Å²) in [5.41, 5.74) is 0. The molecule has 100 valence electrons. The van der Waals surface area contributed by atoms with Gasteiger partial charge in [0.15, 0.2) is 0 Å². The van der Waals surface area contributed by atoms with E-state index in [1.807, 2.05) is 13.8 Å². The Kier molecular flexibility index (Phi) is 17.1. The molecule has 0 atom stereocenters. The Labute approximate surface area is 104 Å². The van der Waals surface area contributed by atoms with E-state index in [4.69, 9.17) is 0 Å². The predicted octanol–water partition coefficient (Wildman–Crippen LogP) is 5.01. The molecule has 0 aliphatic heterocycles. The van der Waals surface area contributed by atoms with Crippen molar-refractivity contribution in [3.8, 4) is 0 Å². The van der Waals surface area contributed by atoms with Crippen LogP contribution >= 0.6 is 0 Å². The molecule has 0 unspecified atom stereocenters. The van der Waals surface area contributed by atoms with Crippen LogP contribution in [0, 0.1) is 5.92 Å². The van der Waals surface area contributed by atoms with Crippen molar-refractivity contribution in [2.24, 2.45) is 5.92 Å². The molecule has 0 amide bonds. The molecular formula is C15H35N. The van der Waals surface area contributed by atoms with Crippen LogP contribution in [0.1, 0.15) is 80.1 Å². The largest absolute Gasteiger partial charge is 0.314 e. The lowest BCUT2D eigenvalue weighted by atomic mass is 10.0. The van der Waals surface area contributed by atoms with E-state index in [-0.39, 0.29) is 0 Å². The van der Waals surface area contributed by atoms with Gasteiger partial charge in [-0.05, 0) is 25.3 Å². The molecule has 1 N–H and O–H groups in total. The third-order valence-electron chi connectivity index (χ3n) is 2.63. The molecule has 1 nitrogen and oxygen atoms in total. The fourth-order valence-corrected chi connectivity index (χ4v) is 1.65. The maximum Gasteiger partial charge on any atom is 0.00671 e. The standard InChI is InChI=1S/C13H29N.C2H6/c1-5-7-9-13(10-8-6-2)14-11-12(3)4;1-2/h12-14H,5-11H2,1-4H3;1-2H3. The Bertz CT molecular complexity index is 102. The van der Waals surface area contributed by atoms with Crippen molar-refractivity contribution in [2.45, 2.75) is 86.1 Å². The van der Waals surface area contributed by atoms with Crippen LogP contribution < -0.4 is 5.32 Å². The van der Waals surface area contributed by atoms with Gasteiger partial charge in [0, 0.05) is 6.04 Å². The summed E-state index contributed by atoms with van der Waals surface area (Å²) in [6.07, 6.45) is 8.13. The molecule has 0 bridgehead atoms. The van der Waals surface area contributed by atoms with E-state index in [2.05, 4.69) is 33.0 Å². The summed E-state index contributed by atoms with van der Waals surface area (Å²) in [6.45, 7) is 14.3. The average molecular weight is 229 g/mol. The first-order chi connectivity index (χ1) is 7.70. The average Bonchev–Trinajstić information content (AvgIpc) is 2.30. The number of rotatable bonds is 9. The summed E-state index contributed by atoms with van der Waals surface area (Å²) in [5, 5.41) is 3.69. The molecule has 0 saturated heterocycles. The van der Waals surface area contributed by atoms with Crippen LogP contribution in [-0.2, 0) is 0 Å². The van der Waals surface area contributed by atoms with Gasteiger partial charge in [0.05, 0.1) is 0 Å². The van der Waals surface area contributed by atoms with E-state index in [0.29, 0.717) is 0 Å². The van der Waals surface area contributed by atoms with Crippen LogP contribution in [0.5, 0.6) is 0 Å². The topological polar surface area (TPSA) is 12.0 Å². The Morgan fingerprint density at radius 2 is 1.31 bits per heavy atom. The zero-order valence-electron chi connectivity index (χ0n) is 12.6. The van der Waals surface area contributed by atoms with Gasteiger partial charge in [0.2, 0.25) is 0 Å². The maximum atomic E-state index is 3.69. The van der Waals surface area contributed by atoms with Crippen molar-refractivity contribution in [2.75, 3.05) is 6.54 Å². The molecule has 0 aromatic heterocycles. The van der Waals surface area contributed by atoms with Crippen molar-refractivity contribution in [3.05, 3.63) is 0 Å². The number of hydrogen-bond acceptors (Lipinski definition) is 1. The van der Waals surface area contributed by atoms with Gasteiger partial charge in [-0.2, -0.15) is 0 Å². The molecule has 0 heterocycles. The minimum Gasteiger partial charge on any atom is -0.314 e. The van der Waals surface area contributed by atoms with Gasteiger partial charge >= 0.3 is 0 Å². The van der Waals surface area contributed by atoms with E-state index < -0.39 is 0 Å². The molecule has 0 aliphatic carbocycles. The first-order valence-corrected chi connectivity index (χ1v) is 7.44. The second-order valence-electron chi connectivity index (χ2n) is 4.78. The molecule has 0 aliphatic rings. The van der Waals surface area contributed by atoms with Gasteiger partial charge in [-0.15, -0.1) is 0 Å². The highest BCUT2D eigenvalue weighted by atomic mass is 14.9. The van der Waals surface area contributed by atoms with E-state index in [9.17, 15) is 0 Å². The molecule has 16 heavy (non-hydrogen) atoms. The molecular weight excluding hydrogens is 194 g/mol. The monoisotopic (exact) mass is 229 g/mol. The Morgan fingerprint density at radius 1 is 0.875 bits per heavy atom. The van der Waals surface area contributed by atoms with Crippen LogP contribution in [0.3, 0.4) is 0 Å². The summed E-state index contributed by atoms with van der Waals surface area (Å²) in [5.74, 6) is 0.778. The Morgan fingerprint density at radius 3 is 1.62 bits per heavy atom. The molecule has 0 radical (unpaired) electrons. The van der Waals surface area contributed by atoms with Crippen molar-refractivity contribution >= 4 is 0 Å². The van der Waals surface area contributed by atoms with Gasteiger partial charge < -0.3 is 5.32 Å². The van der Waals surface area contributed by atoms with E-state index >= 15 is 0 Å². The molecule has 0 saturated carbocycles. The summed E-state index contributed by atoms with van der Waals surface area (Å²) in [4.78, 5) is 0. The van der Waals surface area contributed by atoms with Crippen molar-refractivity contribution in [3.63, 3.8) is 0 Å². The second-order valence-corrected chi connectivity index (χ2v) is 4.78. The zero-order valence-corrected chi connectivity index (χ0v) is 12.6. The van der Waals surface area contributed by atoms with Crippen LogP contribution in [0.4, 0.5) is 0 Å². The minimum atomic E-state index is 0.775. The van der Waals surface area contributed by atoms with Crippen LogP contribution in [-0.4, -0.2) is 12.6 Å². The third-order valence-corrected chi connectivity index (χ3v) is 2.63. The molecule has 0 rings (SSSR count). The normalized spacial score (nSPS) is 10.5. The number of unbranched alkanes of at least 4 members (excludes halogenated alkanes) is 2. The zero-order chi connectivity index (χ0) is 12.8. The van der Waals surface area contributed by atoms with Crippen molar-refractivity contribution < 1.29 is 0 Å². The fraction of sp³-hybridized carbons (Fsp3) is 1.00. The summed E-state index contributed by atoms with van der Waals surface area (Å²) in [7, 11) is 0. The maximum absolute atomic E-state index is 3.69. The predicted molar refractivity (Wildman–Crippen MR) is 77.0 cm³/mol. The van der Waals surface area contributed by atoms with Gasteiger partial charge in [-0.3, -0.25) is 0 Å². The highest BCUT2D eigenvalue weighted by Gasteiger charge is 2.07. The van der Waals surface area contributed by atoms with Crippen molar-refractivity contribution in [1.29, 1.82) is 0 Å². The minimum absolute atomic E-state index is 0.775.